The SMILES string of the molecule is COc1ccc(C2=CC3(N(C)c4ccccc4C3(C)C)N(c3ccccc3)N2)cc1. The molecule has 3 aromatic carbocycles. The number of likely N-dealkylation sites (N-methyl/N-ethyl adjacent to an activating group) is 1. The van der Waals surface area contributed by atoms with Crippen molar-refractivity contribution in [2.45, 2.75) is 24.9 Å². The van der Waals surface area contributed by atoms with Gasteiger partial charge in [-0.25, -0.2) is 0 Å². The number of nitrogens with one attached hydrogen (secondary N) is 1. The second kappa shape index (κ2) is 6.56. The first-order chi connectivity index (χ1) is 14.5. The summed E-state index contributed by atoms with van der Waals surface area (Å²) in [4.78, 5) is 2.40. The predicted octanol–water partition coefficient (Wildman–Crippen LogP) is 5.18. The minimum absolute atomic E-state index is 0.157. The number of methoxy groups -OCH3 is 1. The van der Waals surface area contributed by atoms with Crippen molar-refractivity contribution in [2.75, 3.05) is 24.1 Å². The van der Waals surface area contributed by atoms with Gasteiger partial charge in [-0.15, -0.1) is 0 Å². The van der Waals surface area contributed by atoms with E-state index in [9.17, 15) is 0 Å². The fraction of sp³-hybridized carbons (Fsp3) is 0.231. The third-order valence-electron chi connectivity index (χ3n) is 6.70. The molecule has 30 heavy (non-hydrogen) atoms. The maximum atomic E-state index is 5.35. The summed E-state index contributed by atoms with van der Waals surface area (Å²) in [5.41, 5.74) is 9.14. The van der Waals surface area contributed by atoms with Crippen LogP contribution in [0.1, 0.15) is 25.0 Å². The fourth-order valence-electron chi connectivity index (χ4n) is 5.06. The molecule has 2 heterocycles. The standard InChI is InChI=1S/C26H27N3O/c1-25(2)22-12-8-9-13-24(22)28(3)26(25)18-23(19-14-16-21(30-4)17-15-19)27-29(26)20-10-6-5-7-11-20/h5-18,27H,1-4H3. The highest BCUT2D eigenvalue weighted by molar-refractivity contribution is 5.81. The molecule has 0 saturated heterocycles. The van der Waals surface area contributed by atoms with Crippen molar-refractivity contribution in [3.8, 4) is 5.75 Å². The molecule has 0 aliphatic carbocycles. The van der Waals surface area contributed by atoms with E-state index in [2.05, 4.69) is 109 Å². The van der Waals surface area contributed by atoms with Gasteiger partial charge in [0.15, 0.2) is 5.66 Å². The van der Waals surface area contributed by atoms with Crippen molar-refractivity contribution in [2.24, 2.45) is 0 Å². The van der Waals surface area contributed by atoms with E-state index in [1.807, 2.05) is 12.1 Å². The largest absolute Gasteiger partial charge is 0.497 e. The highest BCUT2D eigenvalue weighted by Crippen LogP contribution is 2.56. The van der Waals surface area contributed by atoms with Crippen molar-refractivity contribution in [3.05, 3.63) is 96.1 Å². The van der Waals surface area contributed by atoms with E-state index in [4.69, 9.17) is 4.74 Å². The Morgan fingerprint density at radius 3 is 2.17 bits per heavy atom. The Kier molecular flexibility index (Phi) is 4.07. The number of nitrogens with zero attached hydrogens (tertiary/aromatic N) is 2. The molecule has 5 rings (SSSR count). The summed E-state index contributed by atoms with van der Waals surface area (Å²) in [5.74, 6) is 0.859. The summed E-state index contributed by atoms with van der Waals surface area (Å²) in [7, 11) is 3.89. The van der Waals surface area contributed by atoms with Crippen LogP contribution in [0.2, 0.25) is 0 Å². The summed E-state index contributed by atoms with van der Waals surface area (Å²) >= 11 is 0. The maximum absolute atomic E-state index is 5.35. The molecule has 2 aliphatic heterocycles. The molecule has 4 nitrogen and oxygen atoms in total. The number of hydrogen-bond acceptors (Lipinski definition) is 4. The van der Waals surface area contributed by atoms with Gasteiger partial charge in [0.2, 0.25) is 0 Å². The van der Waals surface area contributed by atoms with E-state index in [0.717, 1.165) is 22.7 Å². The highest BCUT2D eigenvalue weighted by atomic mass is 16.5. The van der Waals surface area contributed by atoms with Crippen LogP contribution in [0.3, 0.4) is 0 Å². The summed E-state index contributed by atoms with van der Waals surface area (Å²) < 4.78 is 5.35. The number of fused-ring (bicyclic) bond motifs is 1. The molecule has 0 amide bonds. The van der Waals surface area contributed by atoms with Gasteiger partial charge in [0.05, 0.1) is 18.5 Å². The minimum Gasteiger partial charge on any atom is -0.497 e. The lowest BCUT2D eigenvalue weighted by molar-refractivity contribution is 0.320. The lowest BCUT2D eigenvalue weighted by Crippen LogP contribution is -2.65. The van der Waals surface area contributed by atoms with Crippen LogP contribution in [-0.2, 0) is 5.41 Å². The third-order valence-corrected chi connectivity index (χ3v) is 6.70. The van der Waals surface area contributed by atoms with Crippen molar-refractivity contribution < 1.29 is 4.74 Å². The molecule has 2 aliphatic rings. The van der Waals surface area contributed by atoms with E-state index in [1.165, 1.54) is 11.3 Å². The molecule has 0 aromatic heterocycles. The maximum Gasteiger partial charge on any atom is 0.162 e. The van der Waals surface area contributed by atoms with Crippen molar-refractivity contribution in [3.63, 3.8) is 0 Å². The number of anilines is 2. The van der Waals surface area contributed by atoms with E-state index in [-0.39, 0.29) is 5.41 Å². The second-order valence-electron chi connectivity index (χ2n) is 8.50. The molecular weight excluding hydrogens is 370 g/mol. The van der Waals surface area contributed by atoms with Gasteiger partial charge < -0.3 is 9.64 Å². The zero-order valence-corrected chi connectivity index (χ0v) is 17.9. The zero-order valence-electron chi connectivity index (χ0n) is 17.9. The van der Waals surface area contributed by atoms with Crippen LogP contribution in [0.15, 0.2) is 84.9 Å². The van der Waals surface area contributed by atoms with Gasteiger partial charge >= 0.3 is 0 Å². The van der Waals surface area contributed by atoms with E-state index >= 15 is 0 Å². The Balaban J connectivity index is 1.70. The first-order valence-electron chi connectivity index (χ1n) is 10.3. The Morgan fingerprint density at radius 2 is 1.50 bits per heavy atom. The monoisotopic (exact) mass is 397 g/mol. The van der Waals surface area contributed by atoms with Crippen LogP contribution in [0.5, 0.6) is 5.75 Å². The molecule has 0 saturated carbocycles. The molecule has 1 spiro atoms. The highest BCUT2D eigenvalue weighted by Gasteiger charge is 2.60. The Morgan fingerprint density at radius 1 is 0.833 bits per heavy atom. The van der Waals surface area contributed by atoms with Gasteiger partial charge in [-0.1, -0.05) is 50.2 Å². The van der Waals surface area contributed by atoms with Crippen LogP contribution >= 0.6 is 0 Å². The molecule has 4 heteroatoms. The van der Waals surface area contributed by atoms with E-state index in [0.29, 0.717) is 0 Å². The lowest BCUT2D eigenvalue weighted by Gasteiger charge is -2.48. The number of hydrazine groups is 1. The predicted molar refractivity (Wildman–Crippen MR) is 124 cm³/mol. The summed E-state index contributed by atoms with van der Waals surface area (Å²) in [6.07, 6.45) is 2.38. The van der Waals surface area contributed by atoms with Gasteiger partial charge in [0, 0.05) is 18.2 Å². The number of benzene rings is 3. The van der Waals surface area contributed by atoms with Crippen LogP contribution in [0.25, 0.3) is 5.70 Å². The van der Waals surface area contributed by atoms with Crippen LogP contribution in [-0.4, -0.2) is 19.8 Å². The normalized spacial score (nSPS) is 21.4. The molecule has 1 N–H and O–H groups in total. The Bertz CT molecular complexity index is 1100. The average Bonchev–Trinajstić information content (AvgIpc) is 3.28. The third kappa shape index (κ3) is 2.40. The van der Waals surface area contributed by atoms with E-state index < -0.39 is 5.66 Å². The molecule has 152 valence electrons. The summed E-state index contributed by atoms with van der Waals surface area (Å²) in [5, 5.41) is 2.31. The van der Waals surface area contributed by atoms with Gasteiger partial charge in [-0.3, -0.25) is 10.4 Å². The number of rotatable bonds is 3. The van der Waals surface area contributed by atoms with Crippen molar-refractivity contribution in [1.82, 2.24) is 5.43 Å². The molecule has 1 atom stereocenters. The smallest absolute Gasteiger partial charge is 0.162 e. The number of para-hydroxylation sites is 2. The van der Waals surface area contributed by atoms with Gasteiger partial charge in [0.1, 0.15) is 5.75 Å². The van der Waals surface area contributed by atoms with Crippen LogP contribution in [0.4, 0.5) is 11.4 Å². The molecule has 0 bridgehead atoms. The van der Waals surface area contributed by atoms with Crippen LogP contribution < -0.4 is 20.1 Å². The molecule has 0 fully saturated rings. The first-order valence-corrected chi connectivity index (χ1v) is 10.3. The van der Waals surface area contributed by atoms with E-state index in [1.54, 1.807) is 7.11 Å². The number of ether oxygens (including phenoxy) is 1. The molecular formula is C26H27N3O. The Hall–Kier alpha value is -3.40. The fourth-order valence-corrected chi connectivity index (χ4v) is 5.06. The average molecular weight is 398 g/mol. The lowest BCUT2D eigenvalue weighted by atomic mass is 9.75. The van der Waals surface area contributed by atoms with Crippen molar-refractivity contribution >= 4 is 17.1 Å². The molecule has 1 unspecified atom stereocenters. The van der Waals surface area contributed by atoms with Crippen LogP contribution in [0, 0.1) is 0 Å². The van der Waals surface area contributed by atoms with Gasteiger partial charge in [-0.2, -0.15) is 0 Å². The second-order valence-corrected chi connectivity index (χ2v) is 8.50. The molecule has 0 radical (unpaired) electrons. The Labute approximate surface area is 178 Å². The van der Waals surface area contributed by atoms with Gasteiger partial charge in [-0.05, 0) is 59.7 Å². The number of hydrogen-bond donors (Lipinski definition) is 1. The summed E-state index contributed by atoms with van der Waals surface area (Å²) in [6, 6.07) is 27.5. The van der Waals surface area contributed by atoms with Gasteiger partial charge in [0.25, 0.3) is 0 Å². The minimum atomic E-state index is -0.396. The first kappa shape index (κ1) is 18.6. The summed E-state index contributed by atoms with van der Waals surface area (Å²) in [6.45, 7) is 4.67. The zero-order chi connectivity index (χ0) is 20.9. The topological polar surface area (TPSA) is 27.7 Å². The quantitative estimate of drug-likeness (QED) is 0.659. The molecule has 3 aromatic rings. The van der Waals surface area contributed by atoms with Crippen molar-refractivity contribution in [1.29, 1.82) is 0 Å².